The Kier molecular flexibility index (Phi) is 4.67. The van der Waals surface area contributed by atoms with Crippen molar-refractivity contribution in [2.45, 2.75) is 19.8 Å². The monoisotopic (exact) mass is 278 g/mol. The van der Waals surface area contributed by atoms with Gasteiger partial charge in [-0.05, 0) is 40.4 Å². The molecule has 0 aliphatic heterocycles. The number of hydrogen-bond donors (Lipinski definition) is 1. The number of halogens is 3. The number of benzene rings is 1. The van der Waals surface area contributed by atoms with Crippen LogP contribution >= 0.6 is 15.9 Å². The Hall–Kier alpha value is -0.480. The number of aliphatic hydroxyl groups excluding tert-OH is 1. The fourth-order valence-electron chi connectivity index (χ4n) is 1.38. The zero-order valence-corrected chi connectivity index (χ0v) is 10.0. The van der Waals surface area contributed by atoms with Crippen LogP contribution in [0.3, 0.4) is 0 Å². The van der Waals surface area contributed by atoms with Gasteiger partial charge in [0.05, 0.1) is 4.47 Å². The fourth-order valence-corrected chi connectivity index (χ4v) is 1.75. The highest BCUT2D eigenvalue weighted by atomic mass is 79.9. The third kappa shape index (κ3) is 2.98. The summed E-state index contributed by atoms with van der Waals surface area (Å²) in [7, 11) is 0. The van der Waals surface area contributed by atoms with Gasteiger partial charge in [0.25, 0.3) is 0 Å². The third-order valence-corrected chi connectivity index (χ3v) is 3.08. The van der Waals surface area contributed by atoms with E-state index in [1.165, 1.54) is 12.1 Å². The van der Waals surface area contributed by atoms with E-state index in [1.807, 2.05) is 6.92 Å². The molecule has 0 saturated carbocycles. The first-order valence-corrected chi connectivity index (χ1v) is 5.62. The van der Waals surface area contributed by atoms with E-state index in [2.05, 4.69) is 15.9 Å². The van der Waals surface area contributed by atoms with Gasteiger partial charge in [0.15, 0.2) is 0 Å². The zero-order valence-electron chi connectivity index (χ0n) is 8.43. The summed E-state index contributed by atoms with van der Waals surface area (Å²) in [5.74, 6) is -1.21. The Bertz CT molecular complexity index is 338. The molecule has 1 aromatic rings. The summed E-state index contributed by atoms with van der Waals surface area (Å²) < 4.78 is 27.1. The van der Waals surface area contributed by atoms with Crippen LogP contribution in [0.15, 0.2) is 16.6 Å². The first-order chi connectivity index (χ1) is 7.10. The van der Waals surface area contributed by atoms with Crippen LogP contribution in [0.2, 0.25) is 0 Å². The summed E-state index contributed by atoms with van der Waals surface area (Å²) in [5.41, 5.74) is 0.0466. The summed E-state index contributed by atoms with van der Waals surface area (Å²) in [5, 5.41) is 8.98. The second-order valence-corrected chi connectivity index (χ2v) is 4.34. The molecule has 15 heavy (non-hydrogen) atoms. The van der Waals surface area contributed by atoms with Gasteiger partial charge in [-0.1, -0.05) is 13.3 Å². The Morgan fingerprint density at radius 2 is 2.07 bits per heavy atom. The molecule has 0 fully saturated rings. The molecule has 0 aromatic heterocycles. The predicted molar refractivity (Wildman–Crippen MR) is 58.6 cm³/mol. The Labute approximate surface area is 96.2 Å². The van der Waals surface area contributed by atoms with Crippen molar-refractivity contribution in [3.05, 3.63) is 33.8 Å². The normalized spacial score (nSPS) is 12.9. The Morgan fingerprint density at radius 3 is 2.60 bits per heavy atom. The smallest absolute Gasteiger partial charge is 0.143 e. The maximum atomic E-state index is 13.5. The van der Waals surface area contributed by atoms with E-state index < -0.39 is 11.6 Å². The Morgan fingerprint density at radius 1 is 1.40 bits per heavy atom. The van der Waals surface area contributed by atoms with Crippen LogP contribution in [-0.4, -0.2) is 11.7 Å². The number of rotatable bonds is 4. The average molecular weight is 279 g/mol. The van der Waals surface area contributed by atoms with Crippen LogP contribution < -0.4 is 0 Å². The van der Waals surface area contributed by atoms with Crippen LogP contribution in [0.5, 0.6) is 0 Å². The fraction of sp³-hybridized carbons (Fsp3) is 0.455. The van der Waals surface area contributed by atoms with Gasteiger partial charge in [0.1, 0.15) is 11.6 Å². The molecule has 4 heteroatoms. The lowest BCUT2D eigenvalue weighted by Gasteiger charge is -2.13. The third-order valence-electron chi connectivity index (χ3n) is 2.47. The van der Waals surface area contributed by atoms with Crippen molar-refractivity contribution in [2.75, 3.05) is 6.61 Å². The molecule has 1 unspecified atom stereocenters. The van der Waals surface area contributed by atoms with E-state index in [0.717, 1.165) is 0 Å². The van der Waals surface area contributed by atoms with Crippen molar-refractivity contribution < 1.29 is 13.9 Å². The standard InChI is InChI=1S/C11H13BrF2O/c1-2-7(6-15)5-8-10(13)4-3-9(12)11(8)14/h3-4,7,15H,2,5-6H2,1H3. The quantitative estimate of drug-likeness (QED) is 0.838. The lowest BCUT2D eigenvalue weighted by Crippen LogP contribution is -2.11. The minimum Gasteiger partial charge on any atom is -0.396 e. The highest BCUT2D eigenvalue weighted by Gasteiger charge is 2.16. The van der Waals surface area contributed by atoms with Gasteiger partial charge in [-0.15, -0.1) is 0 Å². The van der Waals surface area contributed by atoms with Crippen molar-refractivity contribution in [3.8, 4) is 0 Å². The van der Waals surface area contributed by atoms with E-state index in [1.54, 1.807) is 0 Å². The van der Waals surface area contributed by atoms with Crippen LogP contribution in [0.25, 0.3) is 0 Å². The van der Waals surface area contributed by atoms with Gasteiger partial charge < -0.3 is 5.11 Å². The molecule has 0 amide bonds. The van der Waals surface area contributed by atoms with E-state index in [-0.39, 0.29) is 29.0 Å². The summed E-state index contributed by atoms with van der Waals surface area (Å²) in [6, 6.07) is 2.57. The van der Waals surface area contributed by atoms with Gasteiger partial charge in [0, 0.05) is 12.2 Å². The van der Waals surface area contributed by atoms with Crippen molar-refractivity contribution in [1.29, 1.82) is 0 Å². The molecule has 0 heterocycles. The van der Waals surface area contributed by atoms with Crippen molar-refractivity contribution in [2.24, 2.45) is 5.92 Å². The number of hydrogen-bond acceptors (Lipinski definition) is 1. The molecule has 0 saturated heterocycles. The lowest BCUT2D eigenvalue weighted by atomic mass is 9.97. The van der Waals surface area contributed by atoms with Gasteiger partial charge in [-0.2, -0.15) is 0 Å². The van der Waals surface area contributed by atoms with Gasteiger partial charge in [-0.25, -0.2) is 8.78 Å². The Balaban J connectivity index is 2.97. The SMILES string of the molecule is CCC(CO)Cc1c(F)ccc(Br)c1F. The van der Waals surface area contributed by atoms with Crippen LogP contribution in [0, 0.1) is 17.6 Å². The van der Waals surface area contributed by atoms with Gasteiger partial charge >= 0.3 is 0 Å². The van der Waals surface area contributed by atoms with E-state index in [4.69, 9.17) is 5.11 Å². The van der Waals surface area contributed by atoms with E-state index >= 15 is 0 Å². The second-order valence-electron chi connectivity index (χ2n) is 3.48. The highest BCUT2D eigenvalue weighted by molar-refractivity contribution is 9.10. The van der Waals surface area contributed by atoms with Crippen molar-refractivity contribution in [3.63, 3.8) is 0 Å². The van der Waals surface area contributed by atoms with E-state index in [0.29, 0.717) is 6.42 Å². The molecule has 1 N–H and O–H groups in total. The van der Waals surface area contributed by atoms with Crippen LogP contribution in [0.4, 0.5) is 8.78 Å². The summed E-state index contributed by atoms with van der Waals surface area (Å²) >= 11 is 3.01. The summed E-state index contributed by atoms with van der Waals surface area (Å²) in [4.78, 5) is 0. The van der Waals surface area contributed by atoms with Gasteiger partial charge in [-0.3, -0.25) is 0 Å². The van der Waals surface area contributed by atoms with Crippen molar-refractivity contribution in [1.82, 2.24) is 0 Å². The maximum Gasteiger partial charge on any atom is 0.143 e. The number of aliphatic hydroxyl groups is 1. The molecule has 84 valence electrons. The van der Waals surface area contributed by atoms with E-state index in [9.17, 15) is 8.78 Å². The highest BCUT2D eigenvalue weighted by Crippen LogP contribution is 2.24. The van der Waals surface area contributed by atoms with Crippen LogP contribution in [0.1, 0.15) is 18.9 Å². The molecule has 0 radical (unpaired) electrons. The topological polar surface area (TPSA) is 20.2 Å². The molecular formula is C11H13BrF2O. The molecular weight excluding hydrogens is 266 g/mol. The molecule has 0 bridgehead atoms. The molecule has 0 aliphatic rings. The zero-order chi connectivity index (χ0) is 11.4. The molecule has 1 rings (SSSR count). The molecule has 1 aromatic carbocycles. The average Bonchev–Trinajstić information content (AvgIpc) is 2.24. The maximum absolute atomic E-state index is 13.5. The first-order valence-electron chi connectivity index (χ1n) is 4.83. The summed E-state index contributed by atoms with van der Waals surface area (Å²) in [6.07, 6.45) is 0.923. The predicted octanol–water partition coefficient (Wildman–Crippen LogP) is 3.29. The molecule has 1 nitrogen and oxygen atoms in total. The second kappa shape index (κ2) is 5.56. The minimum absolute atomic E-state index is 0.0466. The summed E-state index contributed by atoms with van der Waals surface area (Å²) in [6.45, 7) is 1.83. The van der Waals surface area contributed by atoms with Crippen molar-refractivity contribution >= 4 is 15.9 Å². The largest absolute Gasteiger partial charge is 0.396 e. The molecule has 1 atom stereocenters. The first kappa shape index (κ1) is 12.6. The van der Waals surface area contributed by atoms with Crippen LogP contribution in [-0.2, 0) is 6.42 Å². The molecule has 0 aliphatic carbocycles. The van der Waals surface area contributed by atoms with Gasteiger partial charge in [0.2, 0.25) is 0 Å². The minimum atomic E-state index is -0.568. The molecule has 0 spiro atoms. The lowest BCUT2D eigenvalue weighted by molar-refractivity contribution is 0.220.